The topological polar surface area (TPSA) is 95.9 Å². The van der Waals surface area contributed by atoms with Crippen LogP contribution in [0, 0.1) is 0 Å². The molecule has 0 saturated heterocycles. The maximum absolute atomic E-state index is 11.5. The largest absolute Gasteiger partial charge is 0.480 e. The molecule has 0 aromatic carbocycles. The molecule has 1 atom stereocenters. The highest BCUT2D eigenvalue weighted by molar-refractivity contribution is 7.99. The van der Waals surface area contributed by atoms with Crippen LogP contribution < -0.4 is 5.32 Å². The van der Waals surface area contributed by atoms with Crippen LogP contribution >= 0.6 is 11.8 Å². The van der Waals surface area contributed by atoms with E-state index in [1.54, 1.807) is 32.5 Å². The summed E-state index contributed by atoms with van der Waals surface area (Å²) in [6.07, 6.45) is 1.29. The number of hydrogen-bond acceptors (Lipinski definition) is 5. The standard InChI is InChI=1S/C13H25NO5S/c1-13(2,3)19-12(18)14-10(11(16)17)6-9-20-8-5-4-7-15/h10,15H,4-9H2,1-3H3,(H,14,18)(H,16,17). The lowest BCUT2D eigenvalue weighted by Gasteiger charge is -2.21. The van der Waals surface area contributed by atoms with Crippen LogP contribution in [0.1, 0.15) is 40.0 Å². The minimum atomic E-state index is -1.06. The van der Waals surface area contributed by atoms with Crippen molar-refractivity contribution >= 4 is 23.8 Å². The van der Waals surface area contributed by atoms with Crippen LogP contribution in [0.2, 0.25) is 0 Å². The van der Waals surface area contributed by atoms with Gasteiger partial charge in [0.1, 0.15) is 11.6 Å². The van der Waals surface area contributed by atoms with Crippen LogP contribution in [0.5, 0.6) is 0 Å². The predicted octanol–water partition coefficient (Wildman–Crippen LogP) is 1.86. The number of unbranched alkanes of at least 4 members (excludes halogenated alkanes) is 1. The van der Waals surface area contributed by atoms with E-state index in [0.29, 0.717) is 12.2 Å². The second-order valence-electron chi connectivity index (χ2n) is 5.37. The van der Waals surface area contributed by atoms with Crippen LogP contribution in [0.15, 0.2) is 0 Å². The molecule has 0 rings (SSSR count). The quantitative estimate of drug-likeness (QED) is 0.563. The lowest BCUT2D eigenvalue weighted by Crippen LogP contribution is -2.43. The molecule has 0 aromatic rings. The molecule has 0 aliphatic heterocycles. The fourth-order valence-corrected chi connectivity index (χ4v) is 2.34. The average Bonchev–Trinajstić information content (AvgIpc) is 2.29. The van der Waals surface area contributed by atoms with Crippen LogP contribution in [0.25, 0.3) is 0 Å². The van der Waals surface area contributed by atoms with E-state index in [-0.39, 0.29) is 6.61 Å². The van der Waals surface area contributed by atoms with Gasteiger partial charge in [0.25, 0.3) is 0 Å². The fourth-order valence-electron chi connectivity index (χ4n) is 1.33. The lowest BCUT2D eigenvalue weighted by molar-refractivity contribution is -0.139. The second-order valence-corrected chi connectivity index (χ2v) is 6.59. The zero-order valence-electron chi connectivity index (χ0n) is 12.3. The fraction of sp³-hybridized carbons (Fsp3) is 0.846. The molecule has 0 bridgehead atoms. The number of amides is 1. The first-order valence-corrected chi connectivity index (χ1v) is 7.82. The average molecular weight is 307 g/mol. The summed E-state index contributed by atoms with van der Waals surface area (Å²) in [4.78, 5) is 22.6. The first-order chi connectivity index (χ1) is 9.26. The van der Waals surface area contributed by atoms with E-state index in [2.05, 4.69) is 5.32 Å². The van der Waals surface area contributed by atoms with Crippen molar-refractivity contribution in [2.45, 2.75) is 51.7 Å². The Labute approximate surface area is 124 Å². The molecule has 0 fully saturated rings. The first-order valence-electron chi connectivity index (χ1n) is 6.67. The van der Waals surface area contributed by atoms with Gasteiger partial charge in [0.15, 0.2) is 0 Å². The maximum atomic E-state index is 11.5. The number of thioether (sulfide) groups is 1. The van der Waals surface area contributed by atoms with Crippen LogP contribution in [0.3, 0.4) is 0 Å². The van der Waals surface area contributed by atoms with Crippen molar-refractivity contribution in [1.29, 1.82) is 0 Å². The minimum absolute atomic E-state index is 0.179. The summed E-state index contributed by atoms with van der Waals surface area (Å²) < 4.78 is 5.03. The normalized spacial score (nSPS) is 12.8. The van der Waals surface area contributed by atoms with Crippen LogP contribution in [-0.2, 0) is 9.53 Å². The molecule has 0 aliphatic rings. The first kappa shape index (κ1) is 19.1. The number of hydrogen-bond donors (Lipinski definition) is 3. The SMILES string of the molecule is CC(C)(C)OC(=O)NC(CCSCCCCO)C(=O)O. The van der Waals surface area contributed by atoms with E-state index in [1.807, 2.05) is 0 Å². The third kappa shape index (κ3) is 10.9. The van der Waals surface area contributed by atoms with Crippen molar-refractivity contribution in [3.63, 3.8) is 0 Å². The van der Waals surface area contributed by atoms with Gasteiger partial charge in [0, 0.05) is 6.61 Å². The van der Waals surface area contributed by atoms with E-state index >= 15 is 0 Å². The van der Waals surface area contributed by atoms with Gasteiger partial charge in [-0.1, -0.05) is 0 Å². The Morgan fingerprint density at radius 3 is 2.40 bits per heavy atom. The van der Waals surface area contributed by atoms with Crippen molar-refractivity contribution in [3.05, 3.63) is 0 Å². The number of ether oxygens (including phenoxy) is 1. The zero-order valence-corrected chi connectivity index (χ0v) is 13.2. The number of rotatable bonds is 9. The number of aliphatic carboxylic acids is 1. The molecule has 118 valence electrons. The summed E-state index contributed by atoms with van der Waals surface area (Å²) in [6, 6.07) is -0.935. The molecule has 3 N–H and O–H groups in total. The predicted molar refractivity (Wildman–Crippen MR) is 79.1 cm³/mol. The van der Waals surface area contributed by atoms with Crippen molar-refractivity contribution in [2.24, 2.45) is 0 Å². The number of carbonyl (C=O) groups is 2. The van der Waals surface area contributed by atoms with Gasteiger partial charge in [0.2, 0.25) is 0 Å². The molecule has 1 unspecified atom stereocenters. The van der Waals surface area contributed by atoms with Crippen molar-refractivity contribution in [1.82, 2.24) is 5.32 Å². The molecule has 0 saturated carbocycles. The van der Waals surface area contributed by atoms with E-state index in [0.717, 1.165) is 18.6 Å². The van der Waals surface area contributed by atoms with Gasteiger partial charge in [-0.2, -0.15) is 11.8 Å². The highest BCUT2D eigenvalue weighted by atomic mass is 32.2. The third-order valence-electron chi connectivity index (χ3n) is 2.24. The molecule has 1 amide bonds. The molecule has 20 heavy (non-hydrogen) atoms. The molecule has 0 aliphatic carbocycles. The second kappa shape index (κ2) is 9.88. The molecule has 0 radical (unpaired) electrons. The molecule has 6 nitrogen and oxygen atoms in total. The number of carbonyl (C=O) groups excluding carboxylic acids is 1. The van der Waals surface area contributed by atoms with Crippen molar-refractivity contribution < 1.29 is 24.5 Å². The van der Waals surface area contributed by atoms with Crippen molar-refractivity contribution in [3.8, 4) is 0 Å². The Bertz CT molecular complexity index is 304. The Morgan fingerprint density at radius 1 is 1.25 bits per heavy atom. The Morgan fingerprint density at radius 2 is 1.90 bits per heavy atom. The molecule has 0 spiro atoms. The van der Waals surface area contributed by atoms with E-state index in [4.69, 9.17) is 14.9 Å². The monoisotopic (exact) mass is 307 g/mol. The molecular formula is C13H25NO5S. The van der Waals surface area contributed by atoms with Crippen molar-refractivity contribution in [2.75, 3.05) is 18.1 Å². The van der Waals surface area contributed by atoms with Gasteiger partial charge in [0.05, 0.1) is 0 Å². The summed E-state index contributed by atoms with van der Waals surface area (Å²) in [7, 11) is 0. The van der Waals surface area contributed by atoms with Crippen LogP contribution in [-0.4, -0.2) is 52.0 Å². The number of aliphatic hydroxyl groups is 1. The number of alkyl carbamates (subject to hydrolysis) is 1. The zero-order chi connectivity index (χ0) is 15.6. The maximum Gasteiger partial charge on any atom is 0.408 e. The number of nitrogens with one attached hydrogen (secondary N) is 1. The molecular weight excluding hydrogens is 282 g/mol. The summed E-state index contributed by atoms with van der Waals surface area (Å²) in [5.41, 5.74) is -0.647. The van der Waals surface area contributed by atoms with Gasteiger partial charge in [-0.25, -0.2) is 9.59 Å². The number of carboxylic acid groups (broad SMARTS) is 1. The van der Waals surface area contributed by atoms with Gasteiger partial charge < -0.3 is 20.3 Å². The lowest BCUT2D eigenvalue weighted by atomic mass is 10.2. The summed E-state index contributed by atoms with van der Waals surface area (Å²) in [6.45, 7) is 5.34. The summed E-state index contributed by atoms with van der Waals surface area (Å²) in [5.74, 6) is 0.448. The van der Waals surface area contributed by atoms with E-state index in [1.165, 1.54) is 0 Å². The highest BCUT2D eigenvalue weighted by Gasteiger charge is 2.23. The highest BCUT2D eigenvalue weighted by Crippen LogP contribution is 2.10. The minimum Gasteiger partial charge on any atom is -0.480 e. The van der Waals surface area contributed by atoms with Crippen LogP contribution in [0.4, 0.5) is 4.79 Å². The Kier molecular flexibility index (Phi) is 9.41. The van der Waals surface area contributed by atoms with Gasteiger partial charge in [-0.05, 0) is 51.5 Å². The molecule has 7 heteroatoms. The smallest absolute Gasteiger partial charge is 0.408 e. The summed E-state index contributed by atoms with van der Waals surface area (Å²) >= 11 is 1.61. The third-order valence-corrected chi connectivity index (χ3v) is 3.34. The van der Waals surface area contributed by atoms with Gasteiger partial charge in [-0.3, -0.25) is 0 Å². The Balaban J connectivity index is 3.99. The molecule has 0 heterocycles. The number of carboxylic acids is 1. The summed E-state index contributed by atoms with van der Waals surface area (Å²) in [5, 5.41) is 20.0. The molecule has 0 aromatic heterocycles. The Hall–Kier alpha value is -0.950. The van der Waals surface area contributed by atoms with E-state index in [9.17, 15) is 9.59 Å². The van der Waals surface area contributed by atoms with Gasteiger partial charge >= 0.3 is 12.1 Å². The van der Waals surface area contributed by atoms with Gasteiger partial charge in [-0.15, -0.1) is 0 Å². The van der Waals surface area contributed by atoms with E-state index < -0.39 is 23.7 Å². The number of aliphatic hydroxyl groups excluding tert-OH is 1.